The van der Waals surface area contributed by atoms with Gasteiger partial charge in [-0.1, -0.05) is 6.07 Å². The predicted octanol–water partition coefficient (Wildman–Crippen LogP) is 2.81. The molecule has 2 aromatic carbocycles. The fourth-order valence-corrected chi connectivity index (χ4v) is 3.86. The summed E-state index contributed by atoms with van der Waals surface area (Å²) in [6, 6.07) is 9.41. The smallest absolute Gasteiger partial charge is 0.294 e. The first kappa shape index (κ1) is 21.9. The lowest BCUT2D eigenvalue weighted by molar-refractivity contribution is 0.480. The van der Waals surface area contributed by atoms with E-state index in [1.807, 2.05) is 0 Å². The fraction of sp³-hybridized carbons (Fsp3) is 0.0625. The van der Waals surface area contributed by atoms with Crippen molar-refractivity contribution >= 4 is 55.1 Å². The van der Waals surface area contributed by atoms with Gasteiger partial charge in [0.15, 0.2) is 0 Å². The van der Waals surface area contributed by atoms with Crippen molar-refractivity contribution in [1.29, 1.82) is 0 Å². The molecule has 0 bridgehead atoms. The van der Waals surface area contributed by atoms with Crippen LogP contribution in [0.5, 0.6) is 0 Å². The number of nitrogens with zero attached hydrogens (tertiary/aromatic N) is 3. The molecule has 0 unspecified atom stereocenters. The molecule has 0 radical (unpaired) electrons. The third-order valence-electron chi connectivity index (χ3n) is 3.71. The quantitative estimate of drug-likeness (QED) is 0.389. The van der Waals surface area contributed by atoms with Gasteiger partial charge < -0.3 is 10.6 Å². The van der Waals surface area contributed by atoms with Crippen molar-refractivity contribution in [1.82, 2.24) is 15.0 Å². The van der Waals surface area contributed by atoms with Crippen LogP contribution in [0.2, 0.25) is 5.28 Å². The highest BCUT2D eigenvalue weighted by Gasteiger charge is 2.14. The molecule has 0 amide bonds. The number of halogens is 1. The van der Waals surface area contributed by atoms with Crippen molar-refractivity contribution < 1.29 is 25.9 Å². The van der Waals surface area contributed by atoms with E-state index in [4.69, 9.17) is 16.2 Å². The van der Waals surface area contributed by atoms with Crippen molar-refractivity contribution in [2.75, 3.05) is 10.6 Å². The van der Waals surface area contributed by atoms with Gasteiger partial charge in [0.25, 0.3) is 20.2 Å². The maximum absolute atomic E-state index is 11.3. The molecule has 0 saturated heterocycles. The summed E-state index contributed by atoms with van der Waals surface area (Å²) in [7, 11) is -8.73. The van der Waals surface area contributed by atoms with E-state index in [9.17, 15) is 21.4 Å². The van der Waals surface area contributed by atoms with Crippen molar-refractivity contribution in [3.05, 3.63) is 53.3 Å². The zero-order chi connectivity index (χ0) is 22.1. The number of nitrogens with one attached hydrogen (secondary N) is 2. The molecule has 4 N–H and O–H groups in total. The van der Waals surface area contributed by atoms with Gasteiger partial charge in [0.1, 0.15) is 0 Å². The summed E-state index contributed by atoms with van der Waals surface area (Å²) in [5.74, 6) is -0.00120. The van der Waals surface area contributed by atoms with Gasteiger partial charge in [-0.3, -0.25) is 9.11 Å². The highest BCUT2D eigenvalue weighted by atomic mass is 35.5. The van der Waals surface area contributed by atoms with Crippen LogP contribution < -0.4 is 10.6 Å². The van der Waals surface area contributed by atoms with Crippen LogP contribution in [-0.2, 0) is 20.2 Å². The molecular formula is C16H14ClN5O6S2. The van der Waals surface area contributed by atoms with Crippen LogP contribution in [0.4, 0.5) is 23.3 Å². The third kappa shape index (κ3) is 5.40. The molecule has 0 aliphatic rings. The number of anilines is 4. The van der Waals surface area contributed by atoms with E-state index in [-0.39, 0.29) is 32.7 Å². The van der Waals surface area contributed by atoms with Crippen molar-refractivity contribution in [2.45, 2.75) is 16.7 Å². The number of aromatic nitrogens is 3. The van der Waals surface area contributed by atoms with Crippen molar-refractivity contribution in [3.8, 4) is 0 Å². The average molecular weight is 472 g/mol. The molecular weight excluding hydrogens is 458 g/mol. The standard InChI is InChI=1S/C16H14ClN5O6S2/c1-9-7-11(5-6-13(9)30(26,27)28)19-16-21-14(17)20-15(22-16)18-10-3-2-4-12(8-10)29(23,24)25/h2-8H,1H3,(H,23,24,25)(H,26,27,28)(H2,18,19,20,21,22). The Bertz CT molecular complexity index is 1330. The van der Waals surface area contributed by atoms with Crippen molar-refractivity contribution in [2.24, 2.45) is 0 Å². The van der Waals surface area contributed by atoms with Crippen LogP contribution in [-0.4, -0.2) is 40.9 Å². The summed E-state index contributed by atoms with van der Waals surface area (Å²) >= 11 is 5.91. The minimum atomic E-state index is -4.38. The second-order valence-corrected chi connectivity index (χ2v) is 9.11. The minimum Gasteiger partial charge on any atom is -0.324 e. The number of rotatable bonds is 6. The first-order chi connectivity index (χ1) is 13.9. The van der Waals surface area contributed by atoms with Crippen LogP contribution in [0.25, 0.3) is 0 Å². The molecule has 158 valence electrons. The van der Waals surface area contributed by atoms with E-state index in [2.05, 4.69) is 25.6 Å². The highest BCUT2D eigenvalue weighted by Crippen LogP contribution is 2.23. The lowest BCUT2D eigenvalue weighted by Gasteiger charge is -2.10. The van der Waals surface area contributed by atoms with E-state index in [1.165, 1.54) is 49.4 Å². The van der Waals surface area contributed by atoms with Gasteiger partial charge in [-0.2, -0.15) is 31.8 Å². The molecule has 14 heteroatoms. The Kier molecular flexibility index (Phi) is 5.92. The van der Waals surface area contributed by atoms with Crippen LogP contribution >= 0.6 is 11.6 Å². The summed E-state index contributed by atoms with van der Waals surface area (Å²) < 4.78 is 63.4. The van der Waals surface area contributed by atoms with E-state index < -0.39 is 20.2 Å². The number of hydrogen-bond donors (Lipinski definition) is 4. The molecule has 0 spiro atoms. The van der Waals surface area contributed by atoms with Crippen LogP contribution in [0, 0.1) is 6.92 Å². The molecule has 11 nitrogen and oxygen atoms in total. The minimum absolute atomic E-state index is 0.0161. The molecule has 0 aliphatic heterocycles. The first-order valence-electron chi connectivity index (χ1n) is 8.03. The van der Waals surface area contributed by atoms with Gasteiger partial charge in [0.05, 0.1) is 9.79 Å². The molecule has 3 rings (SSSR count). The molecule has 0 fully saturated rings. The molecule has 1 heterocycles. The fourth-order valence-electron chi connectivity index (χ4n) is 2.47. The zero-order valence-corrected chi connectivity index (χ0v) is 17.5. The Balaban J connectivity index is 1.87. The summed E-state index contributed by atoms with van der Waals surface area (Å²) in [6.45, 7) is 1.50. The van der Waals surface area contributed by atoms with E-state index in [1.54, 1.807) is 0 Å². The second-order valence-electron chi connectivity index (χ2n) is 5.96. The number of benzene rings is 2. The van der Waals surface area contributed by atoms with Gasteiger partial charge in [0, 0.05) is 11.4 Å². The van der Waals surface area contributed by atoms with Crippen LogP contribution in [0.3, 0.4) is 0 Å². The molecule has 0 saturated carbocycles. The third-order valence-corrected chi connectivity index (χ3v) is 5.74. The largest absolute Gasteiger partial charge is 0.324 e. The lowest BCUT2D eigenvalue weighted by atomic mass is 10.2. The zero-order valence-electron chi connectivity index (χ0n) is 15.1. The molecule has 1 aromatic heterocycles. The maximum atomic E-state index is 11.3. The molecule has 0 atom stereocenters. The SMILES string of the molecule is Cc1cc(Nc2nc(Cl)nc(Nc3cccc(S(=O)(=O)O)c3)n2)ccc1S(=O)(=O)O. The van der Waals surface area contributed by atoms with Gasteiger partial charge >= 0.3 is 0 Å². The van der Waals surface area contributed by atoms with Crippen LogP contribution in [0.1, 0.15) is 5.56 Å². The summed E-state index contributed by atoms with van der Waals surface area (Å²) in [6.07, 6.45) is 0. The Morgan fingerprint density at radius 1 is 0.833 bits per heavy atom. The number of hydrogen-bond acceptors (Lipinski definition) is 9. The van der Waals surface area contributed by atoms with E-state index in [0.29, 0.717) is 11.3 Å². The average Bonchev–Trinajstić information content (AvgIpc) is 2.59. The lowest BCUT2D eigenvalue weighted by Crippen LogP contribution is -2.06. The van der Waals surface area contributed by atoms with Gasteiger partial charge in [-0.05, 0) is 60.5 Å². The Hall–Kier alpha value is -2.84. The summed E-state index contributed by atoms with van der Waals surface area (Å²) in [5.41, 5.74) is 0.983. The van der Waals surface area contributed by atoms with Crippen molar-refractivity contribution in [3.63, 3.8) is 0 Å². The first-order valence-corrected chi connectivity index (χ1v) is 11.3. The molecule has 0 aliphatic carbocycles. The molecule has 30 heavy (non-hydrogen) atoms. The Morgan fingerprint density at radius 3 is 1.97 bits per heavy atom. The molecule has 3 aromatic rings. The summed E-state index contributed by atoms with van der Waals surface area (Å²) in [5, 5.41) is 5.40. The Morgan fingerprint density at radius 2 is 1.43 bits per heavy atom. The predicted molar refractivity (Wildman–Crippen MR) is 109 cm³/mol. The topological polar surface area (TPSA) is 171 Å². The number of aryl methyl sites for hydroxylation is 1. The highest BCUT2D eigenvalue weighted by molar-refractivity contribution is 7.86. The van der Waals surface area contributed by atoms with Gasteiger partial charge in [0.2, 0.25) is 17.2 Å². The van der Waals surface area contributed by atoms with E-state index in [0.717, 1.165) is 0 Å². The normalized spacial score (nSPS) is 11.9. The monoisotopic (exact) mass is 471 g/mol. The van der Waals surface area contributed by atoms with E-state index >= 15 is 0 Å². The maximum Gasteiger partial charge on any atom is 0.294 e. The summed E-state index contributed by atoms with van der Waals surface area (Å²) in [4.78, 5) is 11.4. The van der Waals surface area contributed by atoms with Gasteiger partial charge in [-0.25, -0.2) is 0 Å². The van der Waals surface area contributed by atoms with Crippen LogP contribution in [0.15, 0.2) is 52.3 Å². The second kappa shape index (κ2) is 8.12. The van der Waals surface area contributed by atoms with Gasteiger partial charge in [-0.15, -0.1) is 0 Å². The Labute approximate surface area is 176 Å².